The van der Waals surface area contributed by atoms with E-state index in [-0.39, 0.29) is 29.6 Å². The minimum absolute atomic E-state index is 0. The molecule has 0 radical (unpaired) electrons. The Morgan fingerprint density at radius 2 is 1.75 bits per heavy atom. The van der Waals surface area contributed by atoms with Gasteiger partial charge in [-0.1, -0.05) is 49.4 Å². The van der Waals surface area contributed by atoms with Crippen LogP contribution in [0.25, 0.3) is 10.8 Å². The Kier molecular flexibility index (Phi) is 4.54. The largest absolute Gasteiger partial charge is 1.00 e. The van der Waals surface area contributed by atoms with Crippen molar-refractivity contribution in [3.8, 4) is 0 Å². The molecule has 0 N–H and O–H groups in total. The molecule has 3 heteroatoms. The van der Waals surface area contributed by atoms with Crippen molar-refractivity contribution < 1.29 is 39.5 Å². The van der Waals surface area contributed by atoms with Crippen molar-refractivity contribution in [2.45, 2.75) is 12.8 Å². The Hall–Kier alpha value is -0.830. The van der Waals surface area contributed by atoms with E-state index in [1.54, 1.807) is 6.92 Å². The fourth-order valence-electron chi connectivity index (χ4n) is 1.76. The topological polar surface area (TPSA) is 40.1 Å². The zero-order valence-electron chi connectivity index (χ0n) is 9.44. The summed E-state index contributed by atoms with van der Waals surface area (Å²) in [6, 6.07) is 13.4. The summed E-state index contributed by atoms with van der Waals surface area (Å²) in [5.41, 5.74) is 0.813. The SMILES string of the molecule is C[C@H](C(=O)[O-])c1cccc2ccccc12.[Na+]. The Morgan fingerprint density at radius 3 is 2.44 bits per heavy atom. The minimum Gasteiger partial charge on any atom is -0.550 e. The Labute approximate surface area is 117 Å². The normalized spacial score (nSPS) is 11.8. The van der Waals surface area contributed by atoms with Gasteiger partial charge in [-0.2, -0.15) is 0 Å². The molecule has 2 rings (SSSR count). The number of aliphatic carboxylic acids is 1. The van der Waals surface area contributed by atoms with E-state index in [0.717, 1.165) is 16.3 Å². The first-order valence-electron chi connectivity index (χ1n) is 4.88. The molecule has 1 atom stereocenters. The number of carboxylic acid groups (broad SMARTS) is 1. The van der Waals surface area contributed by atoms with Crippen LogP contribution in [0.3, 0.4) is 0 Å². The van der Waals surface area contributed by atoms with Crippen molar-refractivity contribution >= 4 is 16.7 Å². The Balaban J connectivity index is 0.00000128. The van der Waals surface area contributed by atoms with Gasteiger partial charge in [-0.3, -0.25) is 0 Å². The predicted octanol–water partition coefficient (Wildman–Crippen LogP) is -1.30. The van der Waals surface area contributed by atoms with E-state index >= 15 is 0 Å². The molecule has 0 aliphatic rings. The smallest absolute Gasteiger partial charge is 0.550 e. The summed E-state index contributed by atoms with van der Waals surface area (Å²) in [6.45, 7) is 1.65. The van der Waals surface area contributed by atoms with Gasteiger partial charge in [0.2, 0.25) is 0 Å². The second-order valence-corrected chi connectivity index (χ2v) is 3.61. The van der Waals surface area contributed by atoms with Crippen LogP contribution in [0.4, 0.5) is 0 Å². The fourth-order valence-corrected chi connectivity index (χ4v) is 1.76. The van der Waals surface area contributed by atoms with Crippen LogP contribution in [-0.2, 0) is 4.79 Å². The van der Waals surface area contributed by atoms with E-state index in [4.69, 9.17) is 0 Å². The van der Waals surface area contributed by atoms with Crippen molar-refractivity contribution in [3.63, 3.8) is 0 Å². The number of carbonyl (C=O) groups is 1. The summed E-state index contributed by atoms with van der Waals surface area (Å²) >= 11 is 0. The van der Waals surface area contributed by atoms with Crippen molar-refractivity contribution in [1.82, 2.24) is 0 Å². The Morgan fingerprint density at radius 1 is 1.12 bits per heavy atom. The molecule has 0 saturated heterocycles. The van der Waals surface area contributed by atoms with Crippen LogP contribution in [0.2, 0.25) is 0 Å². The molecular weight excluding hydrogens is 211 g/mol. The molecule has 0 aliphatic heterocycles. The maximum absolute atomic E-state index is 10.8. The summed E-state index contributed by atoms with van der Waals surface area (Å²) < 4.78 is 0. The van der Waals surface area contributed by atoms with Gasteiger partial charge >= 0.3 is 29.6 Å². The van der Waals surface area contributed by atoms with Crippen LogP contribution in [0, 0.1) is 0 Å². The van der Waals surface area contributed by atoms with Gasteiger partial charge in [-0.25, -0.2) is 0 Å². The number of rotatable bonds is 2. The van der Waals surface area contributed by atoms with Crippen molar-refractivity contribution in [3.05, 3.63) is 48.0 Å². The average Bonchev–Trinajstić information content (AvgIpc) is 2.27. The van der Waals surface area contributed by atoms with E-state index in [0.29, 0.717) is 0 Å². The van der Waals surface area contributed by atoms with Crippen molar-refractivity contribution in [1.29, 1.82) is 0 Å². The van der Waals surface area contributed by atoms with E-state index < -0.39 is 11.9 Å². The maximum atomic E-state index is 10.8. The van der Waals surface area contributed by atoms with Crippen LogP contribution in [-0.4, -0.2) is 5.97 Å². The van der Waals surface area contributed by atoms with Gasteiger partial charge in [0.15, 0.2) is 0 Å². The second kappa shape index (κ2) is 5.48. The number of carbonyl (C=O) groups excluding carboxylic acids is 1. The van der Waals surface area contributed by atoms with Crippen LogP contribution in [0.5, 0.6) is 0 Å². The number of hydrogen-bond acceptors (Lipinski definition) is 2. The summed E-state index contributed by atoms with van der Waals surface area (Å²) in [5, 5.41) is 12.9. The Bertz CT molecular complexity index is 503. The summed E-state index contributed by atoms with van der Waals surface area (Å²) in [7, 11) is 0. The minimum atomic E-state index is -1.04. The van der Waals surface area contributed by atoms with Gasteiger partial charge in [-0.15, -0.1) is 0 Å². The van der Waals surface area contributed by atoms with E-state index in [2.05, 4.69) is 0 Å². The number of hydrogen-bond donors (Lipinski definition) is 0. The molecule has 0 fully saturated rings. The van der Waals surface area contributed by atoms with Gasteiger partial charge in [0, 0.05) is 11.9 Å². The quantitative estimate of drug-likeness (QED) is 0.592. The third-order valence-electron chi connectivity index (χ3n) is 2.64. The summed E-state index contributed by atoms with van der Waals surface area (Å²) in [4.78, 5) is 10.8. The van der Waals surface area contributed by atoms with Crippen molar-refractivity contribution in [2.75, 3.05) is 0 Å². The monoisotopic (exact) mass is 222 g/mol. The zero-order valence-corrected chi connectivity index (χ0v) is 11.4. The first-order valence-corrected chi connectivity index (χ1v) is 4.88. The second-order valence-electron chi connectivity index (χ2n) is 3.61. The molecule has 0 unspecified atom stereocenters. The molecule has 0 spiro atoms. The van der Waals surface area contributed by atoms with Crippen LogP contribution >= 0.6 is 0 Å². The van der Waals surface area contributed by atoms with Gasteiger partial charge in [0.1, 0.15) is 0 Å². The maximum Gasteiger partial charge on any atom is 1.00 e. The molecular formula is C13H11NaO2. The molecule has 2 aromatic rings. The van der Waals surface area contributed by atoms with Crippen LogP contribution in [0.15, 0.2) is 42.5 Å². The predicted molar refractivity (Wildman–Crippen MR) is 57.4 cm³/mol. The van der Waals surface area contributed by atoms with Gasteiger partial charge in [0.25, 0.3) is 0 Å². The fraction of sp³-hybridized carbons (Fsp3) is 0.154. The van der Waals surface area contributed by atoms with Crippen molar-refractivity contribution in [2.24, 2.45) is 0 Å². The first-order chi connectivity index (χ1) is 7.20. The third-order valence-corrected chi connectivity index (χ3v) is 2.64. The number of benzene rings is 2. The van der Waals surface area contributed by atoms with E-state index in [1.807, 2.05) is 42.5 Å². The summed E-state index contributed by atoms with van der Waals surface area (Å²) in [5.74, 6) is -1.61. The molecule has 16 heavy (non-hydrogen) atoms. The van der Waals surface area contributed by atoms with Crippen LogP contribution in [0.1, 0.15) is 18.4 Å². The molecule has 2 nitrogen and oxygen atoms in total. The number of carboxylic acids is 1. The van der Waals surface area contributed by atoms with Gasteiger partial charge < -0.3 is 9.90 Å². The molecule has 0 amide bonds. The molecule has 2 aromatic carbocycles. The molecule has 0 aliphatic carbocycles. The van der Waals surface area contributed by atoms with Gasteiger partial charge in [-0.05, 0) is 16.3 Å². The average molecular weight is 222 g/mol. The van der Waals surface area contributed by atoms with Crippen LogP contribution < -0.4 is 34.7 Å². The zero-order chi connectivity index (χ0) is 10.8. The molecule has 0 saturated carbocycles. The van der Waals surface area contributed by atoms with Gasteiger partial charge in [0.05, 0.1) is 0 Å². The summed E-state index contributed by atoms with van der Waals surface area (Å²) in [6.07, 6.45) is 0. The number of fused-ring (bicyclic) bond motifs is 1. The first kappa shape index (κ1) is 13.2. The van der Waals surface area contributed by atoms with E-state index in [1.165, 1.54) is 0 Å². The molecule has 0 heterocycles. The third kappa shape index (κ3) is 2.46. The molecule has 76 valence electrons. The van der Waals surface area contributed by atoms with E-state index in [9.17, 15) is 9.90 Å². The standard InChI is InChI=1S/C13H12O2.Na/c1-9(13(14)15)11-8-4-6-10-5-2-3-7-12(10)11;/h2-9H,1H3,(H,14,15);/q;+1/p-1/t9-;/m0./s1. The molecule has 0 bridgehead atoms. The molecule has 0 aromatic heterocycles.